The van der Waals surface area contributed by atoms with Crippen LogP contribution in [0, 0.1) is 0 Å². The van der Waals surface area contributed by atoms with Crippen molar-refractivity contribution >= 4 is 16.9 Å². The summed E-state index contributed by atoms with van der Waals surface area (Å²) >= 11 is 0. The van der Waals surface area contributed by atoms with Crippen molar-refractivity contribution in [3.05, 3.63) is 82.1 Å². The second-order valence-electron chi connectivity index (χ2n) is 8.62. The number of phenolic OH excluding ortho intramolecular Hbond substituents is 3. The molecule has 2 aromatic heterocycles. The quantitative estimate of drug-likeness (QED) is 0.140. The Labute approximate surface area is 207 Å². The number of ether oxygens (including phenoxy) is 1. The molecule has 0 bridgehead atoms. The van der Waals surface area contributed by atoms with Crippen LogP contribution in [0.5, 0.6) is 28.7 Å². The van der Waals surface area contributed by atoms with Gasteiger partial charge in [0.25, 0.3) is 0 Å². The van der Waals surface area contributed by atoms with Crippen molar-refractivity contribution in [2.45, 2.75) is 12.3 Å². The Morgan fingerprint density at radius 1 is 0.892 bits per heavy atom. The molecular weight excluding hydrogens is 480 g/mol. The number of aromatic amines is 1. The molecule has 0 fully saturated rings. The summed E-state index contributed by atoms with van der Waals surface area (Å²) in [6.45, 7) is 0. The molecule has 0 radical (unpaired) electrons. The molecule has 37 heavy (non-hydrogen) atoms. The van der Waals surface area contributed by atoms with Gasteiger partial charge in [0.1, 0.15) is 22.5 Å². The van der Waals surface area contributed by atoms with E-state index in [1.54, 1.807) is 6.20 Å². The number of fused-ring (bicyclic) bond motifs is 3. The van der Waals surface area contributed by atoms with Gasteiger partial charge in [0, 0.05) is 28.7 Å². The highest BCUT2D eigenvalue weighted by molar-refractivity contribution is 5.94. The third-order valence-electron chi connectivity index (χ3n) is 6.41. The van der Waals surface area contributed by atoms with Crippen molar-refractivity contribution in [2.75, 3.05) is 0 Å². The molecule has 3 heterocycles. The minimum absolute atomic E-state index is 0.000181. The number of nitrogens with zero attached hydrogens (tertiary/aromatic N) is 1. The zero-order valence-corrected chi connectivity index (χ0v) is 18.9. The number of hydrogen-bond donors (Lipinski definition) is 5. The summed E-state index contributed by atoms with van der Waals surface area (Å²) in [4.78, 5) is 25.8. The van der Waals surface area contributed by atoms with E-state index in [2.05, 4.69) is 10.2 Å². The lowest BCUT2D eigenvalue weighted by atomic mass is 9.84. The summed E-state index contributed by atoms with van der Waals surface area (Å²) in [5.74, 6) is -3.76. The first kappa shape index (κ1) is 22.2. The molecule has 0 saturated carbocycles. The third-order valence-corrected chi connectivity index (χ3v) is 6.41. The molecule has 6 rings (SSSR count). The van der Waals surface area contributed by atoms with E-state index < -0.39 is 40.3 Å². The van der Waals surface area contributed by atoms with Crippen LogP contribution in [0.15, 0.2) is 70.0 Å². The highest BCUT2D eigenvalue weighted by Gasteiger charge is 2.36. The molecule has 0 saturated heterocycles. The van der Waals surface area contributed by atoms with E-state index in [9.17, 15) is 30.0 Å². The molecule has 1 aliphatic heterocycles. The second kappa shape index (κ2) is 8.16. The minimum Gasteiger partial charge on any atom is -0.507 e. The number of aromatic nitrogens is 2. The monoisotopic (exact) mass is 498 g/mol. The predicted molar refractivity (Wildman–Crippen MR) is 131 cm³/mol. The molecule has 10 nitrogen and oxygen atoms in total. The molecule has 184 valence electrons. The van der Waals surface area contributed by atoms with Crippen LogP contribution in [0.1, 0.15) is 23.5 Å². The van der Waals surface area contributed by atoms with Gasteiger partial charge < -0.3 is 29.6 Å². The number of hydrogen-bond acceptors (Lipinski definition) is 9. The van der Waals surface area contributed by atoms with Gasteiger partial charge in [-0.05, 0) is 23.8 Å². The molecular formula is C27H18N2O8. The fourth-order valence-electron chi connectivity index (χ4n) is 4.70. The normalized spacial score (nSPS) is 14.9. The van der Waals surface area contributed by atoms with E-state index in [0.29, 0.717) is 16.8 Å². The van der Waals surface area contributed by atoms with E-state index in [-0.39, 0.29) is 34.5 Å². The van der Waals surface area contributed by atoms with Crippen LogP contribution < -0.4 is 10.2 Å². The predicted octanol–water partition coefficient (Wildman–Crippen LogP) is 4.11. The molecule has 3 aromatic carbocycles. The Morgan fingerprint density at radius 2 is 1.68 bits per heavy atom. The number of carbonyl (C=O) groups excluding carboxylic acids is 1. The zero-order chi connectivity index (χ0) is 25.8. The average molecular weight is 498 g/mol. The van der Waals surface area contributed by atoms with E-state index >= 15 is 0 Å². The summed E-state index contributed by atoms with van der Waals surface area (Å²) < 4.78 is 11.4. The Bertz CT molecular complexity index is 1770. The number of benzene rings is 3. The van der Waals surface area contributed by atoms with E-state index in [1.807, 2.05) is 30.3 Å². The maximum atomic E-state index is 13.2. The average Bonchev–Trinajstić information content (AvgIpc) is 3.37. The van der Waals surface area contributed by atoms with Crippen molar-refractivity contribution < 1.29 is 34.4 Å². The number of esters is 1. The van der Waals surface area contributed by atoms with Crippen LogP contribution in [0.25, 0.3) is 33.6 Å². The van der Waals surface area contributed by atoms with Gasteiger partial charge in [-0.15, -0.1) is 0 Å². The summed E-state index contributed by atoms with van der Waals surface area (Å²) in [5.41, 5.74) is 1.49. The summed E-state index contributed by atoms with van der Waals surface area (Å²) in [5, 5.41) is 47.8. The van der Waals surface area contributed by atoms with Gasteiger partial charge in [0.15, 0.2) is 17.3 Å². The highest BCUT2D eigenvalue weighted by Crippen LogP contribution is 2.48. The zero-order valence-electron chi connectivity index (χ0n) is 18.9. The lowest BCUT2D eigenvalue weighted by Gasteiger charge is -2.26. The van der Waals surface area contributed by atoms with Crippen LogP contribution in [0.2, 0.25) is 0 Å². The van der Waals surface area contributed by atoms with Crippen LogP contribution in [0.4, 0.5) is 0 Å². The van der Waals surface area contributed by atoms with Gasteiger partial charge >= 0.3 is 5.97 Å². The first-order chi connectivity index (χ1) is 17.8. The molecule has 5 aromatic rings. The number of carbonyl (C=O) groups is 1. The molecule has 0 unspecified atom stereocenters. The number of rotatable bonds is 3. The Balaban J connectivity index is 1.66. The van der Waals surface area contributed by atoms with Gasteiger partial charge in [-0.3, -0.25) is 14.7 Å². The molecule has 1 atom stereocenters. The van der Waals surface area contributed by atoms with Crippen LogP contribution >= 0.6 is 0 Å². The highest BCUT2D eigenvalue weighted by atomic mass is 16.5. The first-order valence-corrected chi connectivity index (χ1v) is 11.2. The van der Waals surface area contributed by atoms with E-state index in [1.165, 1.54) is 12.1 Å². The smallest absolute Gasteiger partial charge is 0.312 e. The Morgan fingerprint density at radius 3 is 2.43 bits per heavy atom. The molecule has 0 spiro atoms. The second-order valence-corrected chi connectivity index (χ2v) is 8.62. The van der Waals surface area contributed by atoms with E-state index in [4.69, 9.17) is 9.15 Å². The van der Waals surface area contributed by atoms with Gasteiger partial charge in [-0.1, -0.05) is 30.3 Å². The summed E-state index contributed by atoms with van der Waals surface area (Å²) in [6, 6.07) is 14.1. The number of H-pyrrole nitrogens is 1. The topological polar surface area (TPSA) is 166 Å². The fourth-order valence-corrected chi connectivity index (χ4v) is 4.70. The van der Waals surface area contributed by atoms with Crippen molar-refractivity contribution in [3.63, 3.8) is 0 Å². The number of phenols is 3. The standard InChI is InChI=1S/C27H18N2O8/c30-16-7-6-13(8-17(16)31)26-25(35)24(34)22-18(32)10-19-21(27(22)37-26)14(9-20(33)36-19)15-11-28-29-23(15)12-4-2-1-3-5-12/h1-8,10-11,14,30-32,35H,9H2,(H,28,29)/t14-/m1/s1. The minimum atomic E-state index is -0.921. The van der Waals surface area contributed by atoms with Crippen molar-refractivity contribution in [3.8, 4) is 51.3 Å². The van der Waals surface area contributed by atoms with Crippen molar-refractivity contribution in [1.29, 1.82) is 0 Å². The number of aromatic hydroxyl groups is 4. The molecule has 0 amide bonds. The van der Waals surface area contributed by atoms with Crippen LogP contribution in [-0.4, -0.2) is 36.6 Å². The van der Waals surface area contributed by atoms with Gasteiger partial charge in [0.2, 0.25) is 11.2 Å². The first-order valence-electron chi connectivity index (χ1n) is 11.2. The SMILES string of the molecule is O=C1C[C@H](c2cn[nH]c2-c2ccccc2)c2c(cc(O)c3c(=O)c(O)c(-c4ccc(O)c(O)c4)oc23)O1. The van der Waals surface area contributed by atoms with E-state index in [0.717, 1.165) is 17.7 Å². The Hall–Kier alpha value is -5.25. The number of nitrogens with one attached hydrogen (secondary N) is 1. The van der Waals surface area contributed by atoms with Gasteiger partial charge in [0.05, 0.1) is 18.3 Å². The Kier molecular flexibility index (Phi) is 4.90. The van der Waals surface area contributed by atoms with Gasteiger partial charge in [-0.25, -0.2) is 0 Å². The fraction of sp³-hybridized carbons (Fsp3) is 0.0741. The van der Waals surface area contributed by atoms with Crippen molar-refractivity contribution in [2.24, 2.45) is 0 Å². The maximum absolute atomic E-state index is 13.2. The lowest BCUT2D eigenvalue weighted by Crippen LogP contribution is -2.22. The lowest BCUT2D eigenvalue weighted by molar-refractivity contribution is -0.135. The van der Waals surface area contributed by atoms with Crippen molar-refractivity contribution in [1.82, 2.24) is 10.2 Å². The molecule has 0 aliphatic carbocycles. The largest absolute Gasteiger partial charge is 0.507 e. The summed E-state index contributed by atoms with van der Waals surface area (Å²) in [7, 11) is 0. The summed E-state index contributed by atoms with van der Waals surface area (Å²) in [6.07, 6.45) is 1.47. The third kappa shape index (κ3) is 3.46. The molecule has 10 heteroatoms. The van der Waals surface area contributed by atoms with Crippen LogP contribution in [0.3, 0.4) is 0 Å². The van der Waals surface area contributed by atoms with Gasteiger partial charge in [-0.2, -0.15) is 5.10 Å². The maximum Gasteiger partial charge on any atom is 0.312 e. The van der Waals surface area contributed by atoms with Crippen LogP contribution in [-0.2, 0) is 4.79 Å². The molecule has 1 aliphatic rings. The molecule has 5 N–H and O–H groups in total.